The van der Waals surface area contributed by atoms with Crippen LogP contribution >= 0.6 is 15.9 Å². The fourth-order valence-electron chi connectivity index (χ4n) is 1.81. The number of hydrogen-bond acceptors (Lipinski definition) is 1. The van der Waals surface area contributed by atoms with E-state index in [4.69, 9.17) is 4.74 Å². The van der Waals surface area contributed by atoms with Crippen LogP contribution in [0, 0.1) is 19.7 Å². The van der Waals surface area contributed by atoms with Crippen LogP contribution in [0.25, 0.3) is 0 Å². The molecule has 94 valence electrons. The molecule has 0 saturated heterocycles. The van der Waals surface area contributed by atoms with Crippen molar-refractivity contribution in [3.8, 4) is 5.75 Å². The molecule has 0 N–H and O–H groups in total. The van der Waals surface area contributed by atoms with Gasteiger partial charge in [0.05, 0.1) is 4.47 Å². The first-order chi connectivity index (χ1) is 8.54. The van der Waals surface area contributed by atoms with E-state index in [1.165, 1.54) is 17.2 Å². The third kappa shape index (κ3) is 3.33. The Labute approximate surface area is 115 Å². The summed E-state index contributed by atoms with van der Waals surface area (Å²) in [6, 6.07) is 11.0. The number of benzene rings is 2. The van der Waals surface area contributed by atoms with Crippen molar-refractivity contribution in [3.05, 3.63) is 63.4 Å². The Balaban J connectivity index is 2.08. The molecule has 3 heteroatoms. The van der Waals surface area contributed by atoms with E-state index in [0.717, 1.165) is 11.3 Å². The maximum atomic E-state index is 13.1. The number of aryl methyl sites for hydroxylation is 2. The molecule has 0 saturated carbocycles. The van der Waals surface area contributed by atoms with Gasteiger partial charge in [0.1, 0.15) is 18.2 Å². The van der Waals surface area contributed by atoms with Crippen LogP contribution in [0.4, 0.5) is 4.39 Å². The Kier molecular flexibility index (Phi) is 4.02. The molecular weight excluding hydrogens is 295 g/mol. The minimum atomic E-state index is -0.259. The van der Waals surface area contributed by atoms with E-state index in [1.54, 1.807) is 12.1 Å². The van der Waals surface area contributed by atoms with Gasteiger partial charge in [0.25, 0.3) is 0 Å². The summed E-state index contributed by atoms with van der Waals surface area (Å²) in [5.41, 5.74) is 3.28. The first-order valence-corrected chi connectivity index (χ1v) is 6.49. The van der Waals surface area contributed by atoms with Gasteiger partial charge in [0, 0.05) is 0 Å². The second-order valence-electron chi connectivity index (χ2n) is 4.36. The van der Waals surface area contributed by atoms with Crippen molar-refractivity contribution in [2.75, 3.05) is 0 Å². The molecule has 0 fully saturated rings. The molecule has 2 rings (SSSR count). The number of halogens is 2. The number of hydrogen-bond donors (Lipinski definition) is 0. The highest BCUT2D eigenvalue weighted by molar-refractivity contribution is 9.10. The summed E-state index contributed by atoms with van der Waals surface area (Å²) in [6.45, 7) is 4.50. The number of ether oxygens (including phenoxy) is 1. The van der Waals surface area contributed by atoms with Gasteiger partial charge in [-0.15, -0.1) is 0 Å². The smallest absolute Gasteiger partial charge is 0.137 e. The molecule has 0 amide bonds. The summed E-state index contributed by atoms with van der Waals surface area (Å²) in [4.78, 5) is 0. The molecule has 0 aliphatic rings. The summed E-state index contributed by atoms with van der Waals surface area (Å²) < 4.78 is 19.2. The fraction of sp³-hybridized carbons (Fsp3) is 0.200. The van der Waals surface area contributed by atoms with Crippen molar-refractivity contribution < 1.29 is 9.13 Å². The summed E-state index contributed by atoms with van der Waals surface area (Å²) in [5.74, 6) is 0.582. The predicted octanol–water partition coefficient (Wildman–Crippen LogP) is 4.78. The highest BCUT2D eigenvalue weighted by atomic mass is 79.9. The molecule has 18 heavy (non-hydrogen) atoms. The second kappa shape index (κ2) is 5.53. The lowest BCUT2D eigenvalue weighted by molar-refractivity contribution is 0.305. The van der Waals surface area contributed by atoms with E-state index in [-0.39, 0.29) is 5.82 Å². The summed E-state index contributed by atoms with van der Waals surface area (Å²) in [5, 5.41) is 0. The highest BCUT2D eigenvalue weighted by Crippen LogP contribution is 2.20. The van der Waals surface area contributed by atoms with Crippen molar-refractivity contribution in [2.24, 2.45) is 0 Å². The third-order valence-corrected chi connectivity index (χ3v) is 3.19. The minimum Gasteiger partial charge on any atom is -0.489 e. The maximum Gasteiger partial charge on any atom is 0.137 e. The van der Waals surface area contributed by atoms with Crippen molar-refractivity contribution in [2.45, 2.75) is 20.5 Å². The Hall–Kier alpha value is -1.35. The molecular formula is C15H14BrFO. The van der Waals surface area contributed by atoms with Gasteiger partial charge >= 0.3 is 0 Å². The summed E-state index contributed by atoms with van der Waals surface area (Å²) in [7, 11) is 0. The average Bonchev–Trinajstić information content (AvgIpc) is 2.29. The van der Waals surface area contributed by atoms with Crippen LogP contribution in [0.15, 0.2) is 40.9 Å². The monoisotopic (exact) mass is 308 g/mol. The number of rotatable bonds is 3. The van der Waals surface area contributed by atoms with Crippen LogP contribution in [0.2, 0.25) is 0 Å². The van der Waals surface area contributed by atoms with Crippen molar-refractivity contribution >= 4 is 15.9 Å². The standard InChI is InChI=1S/C15H14BrFO/c1-10-5-11(2)7-13(6-10)18-9-12-3-4-15(17)14(16)8-12/h3-8H,9H2,1-2H3. The zero-order valence-electron chi connectivity index (χ0n) is 10.3. The fourth-order valence-corrected chi connectivity index (χ4v) is 2.24. The Bertz CT molecular complexity index is 546. The van der Waals surface area contributed by atoms with Crippen molar-refractivity contribution in [1.29, 1.82) is 0 Å². The van der Waals surface area contributed by atoms with Crippen LogP contribution in [0.3, 0.4) is 0 Å². The normalized spacial score (nSPS) is 10.4. The minimum absolute atomic E-state index is 0.259. The molecule has 2 aromatic carbocycles. The van der Waals surface area contributed by atoms with Crippen LogP contribution in [0.1, 0.15) is 16.7 Å². The second-order valence-corrected chi connectivity index (χ2v) is 5.21. The first-order valence-electron chi connectivity index (χ1n) is 5.69. The van der Waals surface area contributed by atoms with Crippen LogP contribution in [-0.2, 0) is 6.61 Å². The molecule has 2 aromatic rings. The lowest BCUT2D eigenvalue weighted by atomic mass is 10.1. The third-order valence-electron chi connectivity index (χ3n) is 2.58. The van der Waals surface area contributed by atoms with Gasteiger partial charge < -0.3 is 4.74 Å². The van der Waals surface area contributed by atoms with Gasteiger partial charge in [-0.2, -0.15) is 0 Å². The van der Waals surface area contributed by atoms with E-state index < -0.39 is 0 Å². The molecule has 0 unspecified atom stereocenters. The van der Waals surface area contributed by atoms with E-state index >= 15 is 0 Å². The van der Waals surface area contributed by atoms with Crippen LogP contribution in [-0.4, -0.2) is 0 Å². The van der Waals surface area contributed by atoms with E-state index in [0.29, 0.717) is 11.1 Å². The van der Waals surface area contributed by atoms with Gasteiger partial charge in [0.2, 0.25) is 0 Å². The molecule has 0 aliphatic carbocycles. The van der Waals surface area contributed by atoms with Crippen LogP contribution < -0.4 is 4.74 Å². The summed E-state index contributed by atoms with van der Waals surface area (Å²) >= 11 is 3.16. The lowest BCUT2D eigenvalue weighted by Crippen LogP contribution is -1.96. The van der Waals surface area contributed by atoms with Crippen molar-refractivity contribution in [1.82, 2.24) is 0 Å². The van der Waals surface area contributed by atoms with Gasteiger partial charge in [-0.05, 0) is 70.7 Å². The summed E-state index contributed by atoms with van der Waals surface area (Å²) in [6.07, 6.45) is 0. The average molecular weight is 309 g/mol. The van der Waals surface area contributed by atoms with Gasteiger partial charge in [0.15, 0.2) is 0 Å². The molecule has 1 nitrogen and oxygen atoms in total. The SMILES string of the molecule is Cc1cc(C)cc(OCc2ccc(F)c(Br)c2)c1. The van der Waals surface area contributed by atoms with E-state index in [1.807, 2.05) is 26.0 Å². The zero-order chi connectivity index (χ0) is 13.1. The molecule has 0 aliphatic heterocycles. The highest BCUT2D eigenvalue weighted by Gasteiger charge is 2.02. The Morgan fingerprint density at radius 2 is 1.72 bits per heavy atom. The quantitative estimate of drug-likeness (QED) is 0.792. The molecule has 0 spiro atoms. The first kappa shape index (κ1) is 13.1. The van der Waals surface area contributed by atoms with E-state index in [9.17, 15) is 4.39 Å². The van der Waals surface area contributed by atoms with Gasteiger partial charge in [-0.25, -0.2) is 4.39 Å². The van der Waals surface area contributed by atoms with Crippen molar-refractivity contribution in [3.63, 3.8) is 0 Å². The molecule has 0 radical (unpaired) electrons. The molecule has 0 heterocycles. The largest absolute Gasteiger partial charge is 0.489 e. The Morgan fingerprint density at radius 3 is 2.33 bits per heavy atom. The van der Waals surface area contributed by atoms with E-state index in [2.05, 4.69) is 22.0 Å². The van der Waals surface area contributed by atoms with Gasteiger partial charge in [-0.1, -0.05) is 12.1 Å². The van der Waals surface area contributed by atoms with Crippen LogP contribution in [0.5, 0.6) is 5.75 Å². The predicted molar refractivity (Wildman–Crippen MR) is 74.3 cm³/mol. The van der Waals surface area contributed by atoms with Gasteiger partial charge in [-0.3, -0.25) is 0 Å². The molecule has 0 aromatic heterocycles. The zero-order valence-corrected chi connectivity index (χ0v) is 11.9. The molecule has 0 atom stereocenters. The maximum absolute atomic E-state index is 13.1. The topological polar surface area (TPSA) is 9.23 Å². The molecule has 0 bridgehead atoms. The lowest BCUT2D eigenvalue weighted by Gasteiger charge is -2.09. The Morgan fingerprint density at radius 1 is 1.06 bits per heavy atom.